The maximum Gasteiger partial charge on any atom is 0.258 e. The summed E-state index contributed by atoms with van der Waals surface area (Å²) in [5, 5.41) is 11.1. The predicted molar refractivity (Wildman–Crippen MR) is 101 cm³/mol. The maximum atomic E-state index is 12.2. The van der Waals surface area contributed by atoms with E-state index in [-0.39, 0.29) is 11.3 Å². The van der Waals surface area contributed by atoms with E-state index in [0.717, 1.165) is 5.56 Å². The summed E-state index contributed by atoms with van der Waals surface area (Å²) in [5.41, 5.74) is 1.69. The van der Waals surface area contributed by atoms with Crippen molar-refractivity contribution in [2.75, 3.05) is 6.54 Å². The summed E-state index contributed by atoms with van der Waals surface area (Å²) in [6.45, 7) is 11.9. The largest absolute Gasteiger partial charge is 0.348 e. The first kappa shape index (κ1) is 18.5. The fourth-order valence-electron chi connectivity index (χ4n) is 2.44. The zero-order valence-electron chi connectivity index (χ0n) is 15.9. The molecule has 0 bridgehead atoms. The highest BCUT2D eigenvalue weighted by Gasteiger charge is 2.22. The third-order valence-corrected chi connectivity index (χ3v) is 3.97. The van der Waals surface area contributed by atoms with Crippen LogP contribution in [0.5, 0.6) is 0 Å². The van der Waals surface area contributed by atoms with Crippen molar-refractivity contribution in [2.24, 2.45) is 0 Å². The quantitative estimate of drug-likeness (QED) is 0.697. The number of carbonyl (C=O) groups is 1. The van der Waals surface area contributed by atoms with E-state index >= 15 is 0 Å². The molecule has 1 N–H and O–H groups in total. The number of carbonyl (C=O) groups excluding carboxylic acids is 1. The number of hydrogen-bond acceptors (Lipinski definition) is 6. The zero-order chi connectivity index (χ0) is 19.6. The number of nitrogens with one attached hydrogen (secondary N) is 1. The second-order valence-corrected chi connectivity index (χ2v) is 7.13. The minimum absolute atomic E-state index is 0.204. The lowest BCUT2D eigenvalue weighted by molar-refractivity contribution is 0.0957. The zero-order valence-corrected chi connectivity index (χ0v) is 15.9. The normalized spacial score (nSPS) is 11.4. The first-order chi connectivity index (χ1) is 12.8. The molecule has 0 aromatic carbocycles. The molecule has 8 nitrogen and oxygen atoms in total. The Morgan fingerprint density at radius 3 is 2.85 bits per heavy atom. The third kappa shape index (κ3) is 3.79. The van der Waals surface area contributed by atoms with E-state index in [2.05, 4.69) is 32.1 Å². The summed E-state index contributed by atoms with van der Waals surface area (Å²) in [6, 6.07) is 3.59. The molecule has 3 heterocycles. The molecule has 0 saturated heterocycles. The Hall–Kier alpha value is -3.29. The summed E-state index contributed by atoms with van der Waals surface area (Å²) in [4.78, 5) is 21.0. The van der Waals surface area contributed by atoms with Gasteiger partial charge in [0.15, 0.2) is 11.6 Å². The Kier molecular flexibility index (Phi) is 4.89. The molecule has 0 radical (unpaired) electrons. The molecule has 0 atom stereocenters. The van der Waals surface area contributed by atoms with Gasteiger partial charge in [0, 0.05) is 23.7 Å². The highest BCUT2D eigenvalue weighted by molar-refractivity contribution is 5.95. The van der Waals surface area contributed by atoms with E-state index in [1.807, 2.05) is 27.7 Å². The number of amides is 1. The Morgan fingerprint density at radius 2 is 2.19 bits per heavy atom. The molecule has 140 valence electrons. The van der Waals surface area contributed by atoms with Crippen LogP contribution in [0.3, 0.4) is 0 Å². The van der Waals surface area contributed by atoms with Gasteiger partial charge in [-0.05, 0) is 19.1 Å². The molecular formula is C19H22N6O2. The van der Waals surface area contributed by atoms with Crippen LogP contribution in [-0.2, 0) is 5.41 Å². The molecule has 1 amide bonds. The van der Waals surface area contributed by atoms with Crippen molar-refractivity contribution in [3.63, 3.8) is 0 Å². The SMILES string of the molecule is C=CCNC(=O)c1cnn(-c2cc(-c3nc(C(C)(C)C)no3)ccn2)c1C. The molecule has 8 heteroatoms. The second-order valence-electron chi connectivity index (χ2n) is 7.13. The molecule has 0 spiro atoms. The summed E-state index contributed by atoms with van der Waals surface area (Å²) >= 11 is 0. The van der Waals surface area contributed by atoms with E-state index in [1.165, 1.54) is 6.20 Å². The molecule has 0 aliphatic rings. The summed E-state index contributed by atoms with van der Waals surface area (Å²) in [5.74, 6) is 1.40. The number of aromatic nitrogens is 5. The van der Waals surface area contributed by atoms with E-state index in [1.54, 1.807) is 29.1 Å². The van der Waals surface area contributed by atoms with Crippen molar-refractivity contribution < 1.29 is 9.32 Å². The van der Waals surface area contributed by atoms with Crippen LogP contribution in [0.4, 0.5) is 0 Å². The van der Waals surface area contributed by atoms with E-state index in [9.17, 15) is 4.79 Å². The molecule has 0 saturated carbocycles. The van der Waals surface area contributed by atoms with Gasteiger partial charge in [-0.15, -0.1) is 6.58 Å². The van der Waals surface area contributed by atoms with Crippen molar-refractivity contribution in [2.45, 2.75) is 33.1 Å². The minimum atomic E-state index is -0.207. The minimum Gasteiger partial charge on any atom is -0.348 e. The highest BCUT2D eigenvalue weighted by Crippen LogP contribution is 2.24. The van der Waals surface area contributed by atoms with Gasteiger partial charge >= 0.3 is 0 Å². The van der Waals surface area contributed by atoms with Gasteiger partial charge in [0.1, 0.15) is 0 Å². The van der Waals surface area contributed by atoms with Crippen LogP contribution in [-0.4, -0.2) is 37.4 Å². The average Bonchev–Trinajstić information content (AvgIpc) is 3.27. The fraction of sp³-hybridized carbons (Fsp3) is 0.316. The van der Waals surface area contributed by atoms with Crippen molar-refractivity contribution in [3.8, 4) is 17.3 Å². The number of hydrogen-bond donors (Lipinski definition) is 1. The van der Waals surface area contributed by atoms with Crippen LogP contribution in [0, 0.1) is 6.92 Å². The summed E-state index contributed by atoms with van der Waals surface area (Å²) < 4.78 is 7.00. The lowest BCUT2D eigenvalue weighted by atomic mass is 9.96. The van der Waals surface area contributed by atoms with Gasteiger partial charge in [-0.1, -0.05) is 32.0 Å². The molecule has 3 rings (SSSR count). The van der Waals surface area contributed by atoms with Gasteiger partial charge < -0.3 is 9.84 Å². The second kappa shape index (κ2) is 7.14. The van der Waals surface area contributed by atoms with Crippen LogP contribution >= 0.6 is 0 Å². The Bertz CT molecular complexity index is 980. The maximum absolute atomic E-state index is 12.2. The number of nitrogens with zero attached hydrogens (tertiary/aromatic N) is 5. The fourth-order valence-corrected chi connectivity index (χ4v) is 2.44. The molecule has 3 aromatic heterocycles. The predicted octanol–water partition coefficient (Wildman–Crippen LogP) is 2.84. The molecule has 0 fully saturated rings. The molecular weight excluding hydrogens is 344 g/mol. The Labute approximate surface area is 157 Å². The van der Waals surface area contributed by atoms with Gasteiger partial charge in [0.05, 0.1) is 17.5 Å². The van der Waals surface area contributed by atoms with Gasteiger partial charge in [-0.2, -0.15) is 10.1 Å². The lowest BCUT2D eigenvalue weighted by Crippen LogP contribution is -2.23. The summed E-state index contributed by atoms with van der Waals surface area (Å²) in [6.07, 6.45) is 4.79. The molecule has 3 aromatic rings. The van der Waals surface area contributed by atoms with Gasteiger partial charge in [-0.3, -0.25) is 4.79 Å². The third-order valence-electron chi connectivity index (χ3n) is 3.97. The van der Waals surface area contributed by atoms with Crippen molar-refractivity contribution >= 4 is 5.91 Å². The standard InChI is InChI=1S/C19H22N6O2/c1-6-8-21-16(26)14-11-22-25(12(14)2)15-10-13(7-9-20-15)17-23-18(24-27-17)19(3,4)5/h6-7,9-11H,1,8H2,2-5H3,(H,21,26). The lowest BCUT2D eigenvalue weighted by Gasteiger charge is -2.10. The number of rotatable bonds is 5. The van der Waals surface area contributed by atoms with Crippen molar-refractivity contribution in [1.82, 2.24) is 30.2 Å². The first-order valence-electron chi connectivity index (χ1n) is 8.56. The van der Waals surface area contributed by atoms with Crippen molar-refractivity contribution in [3.05, 3.63) is 54.3 Å². The Balaban J connectivity index is 1.92. The molecule has 0 aliphatic heterocycles. The smallest absolute Gasteiger partial charge is 0.258 e. The molecule has 0 unspecified atom stereocenters. The molecule has 0 aliphatic carbocycles. The highest BCUT2D eigenvalue weighted by atomic mass is 16.5. The van der Waals surface area contributed by atoms with Crippen LogP contribution < -0.4 is 5.32 Å². The van der Waals surface area contributed by atoms with Gasteiger partial charge in [-0.25, -0.2) is 9.67 Å². The van der Waals surface area contributed by atoms with Crippen LogP contribution in [0.25, 0.3) is 17.3 Å². The Morgan fingerprint density at radius 1 is 1.41 bits per heavy atom. The topological polar surface area (TPSA) is 98.7 Å². The van der Waals surface area contributed by atoms with E-state index < -0.39 is 0 Å². The first-order valence-corrected chi connectivity index (χ1v) is 8.56. The van der Waals surface area contributed by atoms with E-state index in [4.69, 9.17) is 4.52 Å². The average molecular weight is 366 g/mol. The van der Waals surface area contributed by atoms with Crippen LogP contribution in [0.15, 0.2) is 41.7 Å². The summed E-state index contributed by atoms with van der Waals surface area (Å²) in [7, 11) is 0. The molecule has 27 heavy (non-hydrogen) atoms. The van der Waals surface area contributed by atoms with Crippen LogP contribution in [0.2, 0.25) is 0 Å². The van der Waals surface area contributed by atoms with Gasteiger partial charge in [0.25, 0.3) is 11.8 Å². The monoisotopic (exact) mass is 366 g/mol. The van der Waals surface area contributed by atoms with Gasteiger partial charge in [0.2, 0.25) is 0 Å². The number of pyridine rings is 1. The van der Waals surface area contributed by atoms with Crippen LogP contribution in [0.1, 0.15) is 42.6 Å². The van der Waals surface area contributed by atoms with E-state index in [0.29, 0.717) is 35.3 Å². The van der Waals surface area contributed by atoms with Crippen molar-refractivity contribution in [1.29, 1.82) is 0 Å².